The van der Waals surface area contributed by atoms with E-state index in [4.69, 9.17) is 29.8 Å². The van der Waals surface area contributed by atoms with Gasteiger partial charge in [0.05, 0.1) is 10.6 Å². The zero-order valence-electron chi connectivity index (χ0n) is 6.38. The molecular formula is C8H6Cl2N2. The Hall–Kier alpha value is -0.780. The Kier molecular flexibility index (Phi) is 2.91. The fourth-order valence-corrected chi connectivity index (χ4v) is 1.32. The quantitative estimate of drug-likeness (QED) is 0.502. The Balaban J connectivity index is 3.11. The Labute approximate surface area is 81.0 Å². The summed E-state index contributed by atoms with van der Waals surface area (Å²) in [6.45, 7) is 8.57. The van der Waals surface area contributed by atoms with Crippen LogP contribution in [0, 0.1) is 6.57 Å². The van der Waals surface area contributed by atoms with Gasteiger partial charge < -0.3 is 4.85 Å². The molecule has 0 bridgehead atoms. The topological polar surface area (TPSA) is 17.2 Å². The average Bonchev–Trinajstić information content (AvgIpc) is 2.03. The Bertz CT molecular complexity index is 330. The maximum atomic E-state index is 6.80. The molecule has 0 spiro atoms. The van der Waals surface area contributed by atoms with Crippen molar-refractivity contribution in [3.63, 3.8) is 0 Å². The molecule has 0 saturated heterocycles. The number of aromatic nitrogens is 1. The highest BCUT2D eigenvalue weighted by Crippen LogP contribution is 2.26. The molecule has 2 nitrogen and oxygen atoms in total. The summed E-state index contributed by atoms with van der Waals surface area (Å²) in [4.78, 5) is 7.18. The predicted molar refractivity (Wildman–Crippen MR) is 49.3 cm³/mol. The highest BCUT2D eigenvalue weighted by atomic mass is 35.5. The molecule has 0 aliphatic heterocycles. The monoisotopic (exact) mass is 200 g/mol. The summed E-state index contributed by atoms with van der Waals surface area (Å²) in [5, 5.41) is 0.847. The third-order valence-electron chi connectivity index (χ3n) is 1.49. The van der Waals surface area contributed by atoms with Crippen molar-refractivity contribution in [2.75, 3.05) is 0 Å². The van der Waals surface area contributed by atoms with Gasteiger partial charge in [-0.15, -0.1) is 0 Å². The van der Waals surface area contributed by atoms with Crippen LogP contribution in [0.25, 0.3) is 4.85 Å². The van der Waals surface area contributed by atoms with Gasteiger partial charge in [-0.3, -0.25) is 0 Å². The van der Waals surface area contributed by atoms with Crippen LogP contribution in [0.15, 0.2) is 12.3 Å². The molecule has 0 amide bonds. The van der Waals surface area contributed by atoms with Crippen LogP contribution in [-0.4, -0.2) is 4.98 Å². The number of hydrogen-bond donors (Lipinski definition) is 0. The highest BCUT2D eigenvalue weighted by Gasteiger charge is 2.13. The SMILES string of the molecule is [C-]#[N+]C(C)c1cnc(Cl)cc1Cl. The average molecular weight is 201 g/mol. The molecule has 1 heterocycles. The first-order valence-electron chi connectivity index (χ1n) is 3.32. The second-order valence-electron chi connectivity index (χ2n) is 2.33. The number of pyridine rings is 1. The zero-order valence-corrected chi connectivity index (χ0v) is 7.89. The van der Waals surface area contributed by atoms with Crippen molar-refractivity contribution in [1.82, 2.24) is 4.98 Å². The normalized spacial score (nSPS) is 12.2. The minimum atomic E-state index is -0.262. The molecule has 0 saturated carbocycles. The first-order valence-corrected chi connectivity index (χ1v) is 4.08. The Morgan fingerprint density at radius 1 is 1.58 bits per heavy atom. The molecular weight excluding hydrogens is 195 g/mol. The van der Waals surface area contributed by atoms with Crippen molar-refractivity contribution in [2.45, 2.75) is 13.0 Å². The second kappa shape index (κ2) is 3.75. The first-order chi connectivity index (χ1) is 5.65. The van der Waals surface area contributed by atoms with Gasteiger partial charge in [-0.1, -0.05) is 23.2 Å². The maximum Gasteiger partial charge on any atom is 0.248 e. The molecule has 0 aliphatic carbocycles. The lowest BCUT2D eigenvalue weighted by Crippen LogP contribution is -1.90. The van der Waals surface area contributed by atoms with Crippen LogP contribution >= 0.6 is 23.2 Å². The number of halogens is 2. The van der Waals surface area contributed by atoms with E-state index in [1.165, 1.54) is 6.20 Å². The van der Waals surface area contributed by atoms with Gasteiger partial charge in [0, 0.05) is 13.1 Å². The molecule has 1 unspecified atom stereocenters. The molecule has 62 valence electrons. The number of rotatable bonds is 1. The third kappa shape index (κ3) is 1.88. The van der Waals surface area contributed by atoms with E-state index in [-0.39, 0.29) is 6.04 Å². The van der Waals surface area contributed by atoms with Crippen molar-refractivity contribution in [1.29, 1.82) is 0 Å². The van der Waals surface area contributed by atoms with E-state index in [1.807, 2.05) is 0 Å². The zero-order chi connectivity index (χ0) is 9.14. The van der Waals surface area contributed by atoms with Crippen LogP contribution in [-0.2, 0) is 0 Å². The van der Waals surface area contributed by atoms with Gasteiger partial charge in [0.25, 0.3) is 0 Å². The van der Waals surface area contributed by atoms with Crippen molar-refractivity contribution in [2.24, 2.45) is 0 Å². The summed E-state index contributed by atoms with van der Waals surface area (Å²) < 4.78 is 0. The van der Waals surface area contributed by atoms with E-state index in [0.717, 1.165) is 5.56 Å². The van der Waals surface area contributed by atoms with Crippen LogP contribution in [0.5, 0.6) is 0 Å². The largest absolute Gasteiger partial charge is 0.309 e. The molecule has 0 aromatic carbocycles. The van der Waals surface area contributed by atoms with Crippen molar-refractivity contribution in [3.05, 3.63) is 39.4 Å². The lowest BCUT2D eigenvalue weighted by molar-refractivity contribution is 0.948. The summed E-state index contributed by atoms with van der Waals surface area (Å²) in [5.41, 5.74) is 0.719. The van der Waals surface area contributed by atoms with Gasteiger partial charge in [-0.2, -0.15) is 0 Å². The lowest BCUT2D eigenvalue weighted by Gasteiger charge is -2.01. The molecule has 0 aliphatic rings. The summed E-state index contributed by atoms with van der Waals surface area (Å²) in [7, 11) is 0. The molecule has 12 heavy (non-hydrogen) atoms. The molecule has 0 fully saturated rings. The van der Waals surface area contributed by atoms with Gasteiger partial charge in [0.1, 0.15) is 5.15 Å². The van der Waals surface area contributed by atoms with E-state index in [1.54, 1.807) is 13.0 Å². The van der Waals surface area contributed by atoms with E-state index >= 15 is 0 Å². The van der Waals surface area contributed by atoms with Crippen molar-refractivity contribution in [3.8, 4) is 0 Å². The van der Waals surface area contributed by atoms with Gasteiger partial charge in [-0.05, 0) is 6.07 Å². The molecule has 1 aromatic rings. The van der Waals surface area contributed by atoms with E-state index < -0.39 is 0 Å². The third-order valence-corrected chi connectivity index (χ3v) is 2.03. The molecule has 1 rings (SSSR count). The number of nitrogens with zero attached hydrogens (tertiary/aromatic N) is 2. The van der Waals surface area contributed by atoms with E-state index in [9.17, 15) is 0 Å². The van der Waals surface area contributed by atoms with Crippen LogP contribution < -0.4 is 0 Å². The Morgan fingerprint density at radius 2 is 2.25 bits per heavy atom. The Morgan fingerprint density at radius 3 is 2.75 bits per heavy atom. The van der Waals surface area contributed by atoms with Crippen LogP contribution in [0.2, 0.25) is 10.2 Å². The standard InChI is InChI=1S/C8H6Cl2N2/c1-5(11-2)6-4-12-8(10)3-7(6)9/h3-5H,1H3. The fourth-order valence-electron chi connectivity index (χ4n) is 0.795. The predicted octanol–water partition coefficient (Wildman–Crippen LogP) is 3.37. The van der Waals surface area contributed by atoms with Crippen LogP contribution in [0.4, 0.5) is 0 Å². The summed E-state index contributed by atoms with van der Waals surface area (Å²) in [6, 6.07) is 1.28. The minimum Gasteiger partial charge on any atom is -0.309 e. The molecule has 0 N–H and O–H groups in total. The van der Waals surface area contributed by atoms with E-state index in [2.05, 4.69) is 9.83 Å². The highest BCUT2D eigenvalue weighted by molar-refractivity contribution is 6.34. The van der Waals surface area contributed by atoms with Crippen LogP contribution in [0.1, 0.15) is 18.5 Å². The summed E-state index contributed by atoms with van der Waals surface area (Å²) in [5.74, 6) is 0. The van der Waals surface area contributed by atoms with Gasteiger partial charge in [0.2, 0.25) is 6.04 Å². The fraction of sp³-hybridized carbons (Fsp3) is 0.250. The molecule has 0 radical (unpaired) electrons. The maximum absolute atomic E-state index is 6.80. The molecule has 1 atom stereocenters. The van der Waals surface area contributed by atoms with Crippen LogP contribution in [0.3, 0.4) is 0 Å². The van der Waals surface area contributed by atoms with Crippen molar-refractivity contribution >= 4 is 23.2 Å². The molecule has 1 aromatic heterocycles. The van der Waals surface area contributed by atoms with Gasteiger partial charge in [0.15, 0.2) is 0 Å². The van der Waals surface area contributed by atoms with Gasteiger partial charge in [-0.25, -0.2) is 11.6 Å². The van der Waals surface area contributed by atoms with Crippen molar-refractivity contribution < 1.29 is 0 Å². The lowest BCUT2D eigenvalue weighted by atomic mass is 10.1. The first kappa shape index (κ1) is 9.31. The smallest absolute Gasteiger partial charge is 0.248 e. The summed E-state index contributed by atoms with van der Waals surface area (Å²) >= 11 is 11.4. The summed E-state index contributed by atoms with van der Waals surface area (Å²) in [6.07, 6.45) is 1.54. The van der Waals surface area contributed by atoms with Gasteiger partial charge >= 0.3 is 0 Å². The minimum absolute atomic E-state index is 0.262. The molecule has 4 heteroatoms. The second-order valence-corrected chi connectivity index (χ2v) is 3.13. The number of hydrogen-bond acceptors (Lipinski definition) is 1. The van der Waals surface area contributed by atoms with E-state index in [0.29, 0.717) is 10.2 Å².